The third-order valence-corrected chi connectivity index (χ3v) is 14.3. The summed E-state index contributed by atoms with van der Waals surface area (Å²) in [5.74, 6) is 2.90. The molecule has 2 unspecified atom stereocenters. The van der Waals surface area contributed by atoms with Crippen LogP contribution in [0, 0.1) is 50.4 Å². The first-order valence-electron chi connectivity index (χ1n) is 21.1. The number of nitrogens with two attached hydrogens (primary N) is 2. The zero-order valence-electron chi connectivity index (χ0n) is 38.6. The molecule has 0 amide bonds. The molecule has 0 saturated heterocycles. The van der Waals surface area contributed by atoms with Crippen LogP contribution in [-0.4, -0.2) is 62.7 Å². The van der Waals surface area contributed by atoms with Gasteiger partial charge in [-0.05, 0) is 111 Å². The van der Waals surface area contributed by atoms with Gasteiger partial charge in [-0.25, -0.2) is 9.97 Å². The van der Waals surface area contributed by atoms with E-state index in [0.717, 1.165) is 79.0 Å². The Morgan fingerprint density at radius 3 is 1.48 bits per heavy atom. The Morgan fingerprint density at radius 1 is 0.597 bits per heavy atom. The largest absolute Gasteiger partial charge is 0.496 e. The van der Waals surface area contributed by atoms with E-state index in [1.807, 2.05) is 67.2 Å². The van der Waals surface area contributed by atoms with Crippen LogP contribution in [0.25, 0.3) is 22.1 Å². The fraction of sp³-hybridized carbons (Fsp3) is 0.417. The van der Waals surface area contributed by atoms with Crippen molar-refractivity contribution < 1.29 is 18.9 Å². The first-order valence-corrected chi connectivity index (χ1v) is 28.5. The lowest BCUT2D eigenvalue weighted by Crippen LogP contribution is -2.23. The lowest BCUT2D eigenvalue weighted by atomic mass is 9.97. The SMILES string of the molecule is COc1cc(C)cc(C)c1C(N)c1nc2cc(C#N)ccc2n1COCC[Si](C)(C)C.COc1cc(C)cc(C)c1C(N)c1nc2ccc(C#N)cc2n1COCC[Si](C)(C)C. The summed E-state index contributed by atoms with van der Waals surface area (Å²) < 4.78 is 27.4. The van der Waals surface area contributed by atoms with Crippen molar-refractivity contribution in [2.45, 2.75) is 105 Å². The van der Waals surface area contributed by atoms with E-state index in [1.54, 1.807) is 32.4 Å². The van der Waals surface area contributed by atoms with Crippen molar-refractivity contribution >= 4 is 38.2 Å². The molecule has 0 aliphatic rings. The summed E-state index contributed by atoms with van der Waals surface area (Å²) >= 11 is 0. The van der Waals surface area contributed by atoms with Crippen molar-refractivity contribution in [3.63, 3.8) is 0 Å². The predicted molar refractivity (Wildman–Crippen MR) is 254 cm³/mol. The smallest absolute Gasteiger partial charge is 0.133 e. The summed E-state index contributed by atoms with van der Waals surface area (Å²) in [5, 5.41) is 18.7. The first kappa shape index (κ1) is 47.7. The number of fused-ring (bicyclic) bond motifs is 2. The number of aromatic nitrogens is 4. The van der Waals surface area contributed by atoms with Gasteiger partial charge in [0.15, 0.2) is 0 Å². The minimum absolute atomic E-state index is 0.339. The maximum Gasteiger partial charge on any atom is 0.133 e. The fourth-order valence-electron chi connectivity index (χ4n) is 7.52. The maximum atomic E-state index is 9.37. The predicted octanol–water partition coefficient (Wildman–Crippen LogP) is 9.79. The fourth-order valence-corrected chi connectivity index (χ4v) is 9.03. The quantitative estimate of drug-likeness (QED) is 0.0704. The molecule has 0 fully saturated rings. The minimum Gasteiger partial charge on any atom is -0.496 e. The Kier molecular flexibility index (Phi) is 15.6. The van der Waals surface area contributed by atoms with Crippen molar-refractivity contribution in [3.05, 3.63) is 117 Å². The number of nitrogens with zero attached hydrogens (tertiary/aromatic N) is 6. The Bertz CT molecular complexity index is 2550. The monoisotopic (exact) mass is 872 g/mol. The van der Waals surface area contributed by atoms with Crippen LogP contribution < -0.4 is 20.9 Å². The molecule has 2 atom stereocenters. The van der Waals surface area contributed by atoms with Gasteiger partial charge >= 0.3 is 0 Å². The molecule has 14 heteroatoms. The standard InChI is InChI=1S/2C24H32N4O2Si/c1-16-11-17(2)22(21(12-16)29-3)23(26)24-27-19-13-18(14-25)7-8-20(19)28(24)15-30-9-10-31(4,5)6;1-16-11-17(2)22(21(12-16)29-3)23(26)24-27-19-8-7-18(14-25)13-20(19)28(24)15-30-9-10-31(4,5)6/h2*7-8,11-13,23H,9-10,15,26H2,1-6H3. The van der Waals surface area contributed by atoms with Gasteiger partial charge in [-0.2, -0.15) is 10.5 Å². The van der Waals surface area contributed by atoms with Crippen LogP contribution in [0.4, 0.5) is 0 Å². The number of hydrogen-bond donors (Lipinski definition) is 2. The number of imidazole rings is 2. The summed E-state index contributed by atoms with van der Waals surface area (Å²) in [6.45, 7) is 24.2. The van der Waals surface area contributed by atoms with E-state index in [9.17, 15) is 10.5 Å². The van der Waals surface area contributed by atoms with Crippen LogP contribution in [0.15, 0.2) is 60.7 Å². The topological polar surface area (TPSA) is 172 Å². The molecular formula is C48H64N8O4Si2. The molecule has 328 valence electrons. The minimum atomic E-state index is -1.20. The van der Waals surface area contributed by atoms with Crippen LogP contribution in [0.5, 0.6) is 11.5 Å². The zero-order valence-corrected chi connectivity index (χ0v) is 40.6. The van der Waals surface area contributed by atoms with Crippen molar-refractivity contribution in [2.75, 3.05) is 27.4 Å². The molecule has 0 radical (unpaired) electrons. The number of rotatable bonds is 16. The second kappa shape index (κ2) is 20.2. The third kappa shape index (κ3) is 11.6. The Balaban J connectivity index is 0.000000234. The number of benzene rings is 4. The van der Waals surface area contributed by atoms with Crippen LogP contribution >= 0.6 is 0 Å². The third-order valence-electron chi connectivity index (χ3n) is 10.9. The van der Waals surface area contributed by atoms with E-state index >= 15 is 0 Å². The summed E-state index contributed by atoms with van der Waals surface area (Å²) in [4.78, 5) is 9.66. The van der Waals surface area contributed by atoms with Gasteiger partial charge in [0.1, 0.15) is 36.6 Å². The van der Waals surface area contributed by atoms with Gasteiger partial charge in [-0.15, -0.1) is 0 Å². The van der Waals surface area contributed by atoms with Crippen LogP contribution in [-0.2, 0) is 22.9 Å². The normalized spacial score (nSPS) is 12.7. The van der Waals surface area contributed by atoms with Crippen LogP contribution in [0.1, 0.15) is 68.2 Å². The van der Waals surface area contributed by atoms with E-state index in [-0.39, 0.29) is 0 Å². The van der Waals surface area contributed by atoms with Gasteiger partial charge in [-0.3, -0.25) is 0 Å². The Labute approximate surface area is 369 Å². The van der Waals surface area contributed by atoms with Gasteiger partial charge in [-0.1, -0.05) is 51.4 Å². The molecule has 4 aromatic carbocycles. The van der Waals surface area contributed by atoms with Gasteiger partial charge < -0.3 is 39.5 Å². The molecule has 6 aromatic rings. The molecule has 2 heterocycles. The van der Waals surface area contributed by atoms with E-state index in [0.29, 0.717) is 49.5 Å². The van der Waals surface area contributed by atoms with Crippen molar-refractivity contribution in [3.8, 4) is 23.6 Å². The molecule has 0 saturated carbocycles. The number of aryl methyl sites for hydroxylation is 4. The molecule has 62 heavy (non-hydrogen) atoms. The summed E-state index contributed by atoms with van der Waals surface area (Å²) in [7, 11) is 0.937. The first-order chi connectivity index (χ1) is 29.3. The summed E-state index contributed by atoms with van der Waals surface area (Å²) in [6.07, 6.45) is 0. The van der Waals surface area contributed by atoms with Crippen molar-refractivity contribution in [1.29, 1.82) is 10.5 Å². The van der Waals surface area contributed by atoms with Crippen LogP contribution in [0.2, 0.25) is 51.4 Å². The second-order valence-electron chi connectivity index (χ2n) is 18.5. The maximum absolute atomic E-state index is 9.37. The van der Waals surface area contributed by atoms with Crippen LogP contribution in [0.3, 0.4) is 0 Å². The number of nitriles is 2. The highest BCUT2D eigenvalue weighted by molar-refractivity contribution is 6.76. The van der Waals surface area contributed by atoms with Crippen molar-refractivity contribution in [1.82, 2.24) is 19.1 Å². The molecule has 2 aromatic heterocycles. The second-order valence-corrected chi connectivity index (χ2v) is 29.7. The summed E-state index contributed by atoms with van der Waals surface area (Å²) in [6, 6.07) is 24.8. The van der Waals surface area contributed by atoms with E-state index in [2.05, 4.69) is 63.6 Å². The average molecular weight is 873 g/mol. The van der Waals surface area contributed by atoms with Gasteiger partial charge in [0.25, 0.3) is 0 Å². The highest BCUT2D eigenvalue weighted by Gasteiger charge is 2.26. The molecule has 12 nitrogen and oxygen atoms in total. The van der Waals surface area contributed by atoms with Crippen molar-refractivity contribution in [2.24, 2.45) is 11.5 Å². The van der Waals surface area contributed by atoms with Gasteiger partial charge in [0.2, 0.25) is 0 Å². The number of hydrogen-bond acceptors (Lipinski definition) is 10. The van der Waals surface area contributed by atoms with E-state index in [1.165, 1.54) is 0 Å². The molecule has 0 bridgehead atoms. The van der Waals surface area contributed by atoms with E-state index in [4.69, 9.17) is 40.4 Å². The van der Waals surface area contributed by atoms with Gasteiger partial charge in [0, 0.05) is 40.5 Å². The summed E-state index contributed by atoms with van der Waals surface area (Å²) in [5.41, 5.74) is 24.2. The lowest BCUT2D eigenvalue weighted by Gasteiger charge is -2.21. The zero-order chi connectivity index (χ0) is 45.5. The molecule has 4 N–H and O–H groups in total. The Morgan fingerprint density at radius 2 is 1.03 bits per heavy atom. The highest BCUT2D eigenvalue weighted by atomic mass is 28.3. The lowest BCUT2D eigenvalue weighted by molar-refractivity contribution is 0.0873. The molecule has 6 rings (SSSR count). The Hall–Kier alpha value is -5.33. The van der Waals surface area contributed by atoms with E-state index < -0.39 is 28.2 Å². The molecular weight excluding hydrogens is 809 g/mol. The molecule has 0 aliphatic carbocycles. The number of ether oxygens (including phenoxy) is 4. The average Bonchev–Trinajstić information content (AvgIpc) is 3.76. The molecule has 0 aliphatic heterocycles. The van der Waals surface area contributed by atoms with Gasteiger partial charge in [0.05, 0.1) is 71.6 Å². The number of methoxy groups -OCH3 is 2. The highest BCUT2D eigenvalue weighted by Crippen LogP contribution is 2.35. The molecule has 0 spiro atoms.